The van der Waals surface area contributed by atoms with Crippen LogP contribution < -0.4 is 5.73 Å². The average Bonchev–Trinajstić information content (AvgIpc) is 3.01. The van der Waals surface area contributed by atoms with E-state index in [9.17, 15) is 0 Å². The Morgan fingerprint density at radius 1 is 1.24 bits per heavy atom. The van der Waals surface area contributed by atoms with E-state index >= 15 is 0 Å². The van der Waals surface area contributed by atoms with Crippen LogP contribution in [0.2, 0.25) is 0 Å². The van der Waals surface area contributed by atoms with E-state index in [4.69, 9.17) is 5.73 Å². The van der Waals surface area contributed by atoms with Gasteiger partial charge in [0.2, 0.25) is 0 Å². The fourth-order valence-corrected chi connectivity index (χ4v) is 3.88. The first kappa shape index (κ1) is 12.5. The number of fused-ring (bicyclic) bond motifs is 2. The molecule has 4 rings (SSSR count). The van der Waals surface area contributed by atoms with Crippen LogP contribution in [-0.2, 0) is 0 Å². The Morgan fingerprint density at radius 3 is 3.00 bits per heavy atom. The zero-order valence-electron chi connectivity index (χ0n) is 10.9. The topological polar surface area (TPSA) is 106 Å². The van der Waals surface area contributed by atoms with E-state index < -0.39 is 0 Å². The molecule has 0 amide bonds. The number of thiazole rings is 1. The largest absolute Gasteiger partial charge is 0.382 e. The fraction of sp³-hybridized carbons (Fsp3) is 0.0833. The second-order valence-corrected chi connectivity index (χ2v) is 6.59. The maximum Gasteiger partial charge on any atom is 0.184 e. The smallest absolute Gasteiger partial charge is 0.184 e. The van der Waals surface area contributed by atoms with E-state index in [2.05, 4.69) is 29.9 Å². The second-order valence-electron chi connectivity index (χ2n) is 4.32. The molecule has 4 heterocycles. The third-order valence-electron chi connectivity index (χ3n) is 2.82. The van der Waals surface area contributed by atoms with Gasteiger partial charge in [-0.2, -0.15) is 0 Å². The van der Waals surface area contributed by atoms with Crippen molar-refractivity contribution in [3.63, 3.8) is 0 Å². The number of aromatic nitrogens is 6. The molecule has 21 heavy (non-hydrogen) atoms. The number of rotatable bonds is 2. The van der Waals surface area contributed by atoms with Gasteiger partial charge in [-0.1, -0.05) is 0 Å². The molecule has 104 valence electrons. The zero-order chi connectivity index (χ0) is 14.4. The number of hydrogen-bond donors (Lipinski definition) is 2. The molecule has 0 unspecified atom stereocenters. The van der Waals surface area contributed by atoms with Gasteiger partial charge in [0.15, 0.2) is 21.0 Å². The van der Waals surface area contributed by atoms with E-state index in [0.717, 1.165) is 14.6 Å². The fourth-order valence-electron chi connectivity index (χ4n) is 1.94. The van der Waals surface area contributed by atoms with Crippen LogP contribution in [0.1, 0.15) is 5.82 Å². The van der Waals surface area contributed by atoms with Crippen molar-refractivity contribution in [1.82, 2.24) is 29.9 Å². The van der Waals surface area contributed by atoms with Crippen molar-refractivity contribution in [1.29, 1.82) is 0 Å². The van der Waals surface area contributed by atoms with Crippen LogP contribution in [0.15, 0.2) is 28.0 Å². The Balaban J connectivity index is 1.75. The van der Waals surface area contributed by atoms with Gasteiger partial charge in [0, 0.05) is 6.20 Å². The summed E-state index contributed by atoms with van der Waals surface area (Å²) < 4.78 is 1.99. The molecule has 0 saturated heterocycles. The molecule has 0 aliphatic rings. The van der Waals surface area contributed by atoms with Gasteiger partial charge in [0.25, 0.3) is 0 Å². The van der Waals surface area contributed by atoms with Gasteiger partial charge in [0.05, 0.1) is 10.9 Å². The summed E-state index contributed by atoms with van der Waals surface area (Å²) in [5, 5.41) is 0.698. The lowest BCUT2D eigenvalue weighted by molar-refractivity contribution is 1.06. The van der Waals surface area contributed by atoms with E-state index in [0.29, 0.717) is 28.0 Å². The normalized spacial score (nSPS) is 11.5. The van der Waals surface area contributed by atoms with Crippen LogP contribution in [0, 0.1) is 6.92 Å². The molecule has 0 radical (unpaired) electrons. The molecule has 0 aliphatic carbocycles. The van der Waals surface area contributed by atoms with Crippen molar-refractivity contribution >= 4 is 50.3 Å². The van der Waals surface area contributed by atoms with Crippen molar-refractivity contribution in [2.45, 2.75) is 16.4 Å². The number of H-pyrrole nitrogens is 1. The minimum Gasteiger partial charge on any atom is -0.382 e. The molecular weight excluding hydrogens is 306 g/mol. The highest BCUT2D eigenvalue weighted by Gasteiger charge is 2.12. The van der Waals surface area contributed by atoms with E-state index in [1.807, 2.05) is 6.07 Å². The molecule has 4 aromatic rings. The van der Waals surface area contributed by atoms with Crippen molar-refractivity contribution in [3.05, 3.63) is 24.3 Å². The van der Waals surface area contributed by atoms with E-state index in [-0.39, 0.29) is 0 Å². The zero-order valence-corrected chi connectivity index (χ0v) is 12.5. The number of nitrogens with zero attached hydrogens (tertiary/aromatic N) is 5. The van der Waals surface area contributed by atoms with Crippen molar-refractivity contribution in [2.24, 2.45) is 0 Å². The highest BCUT2D eigenvalue weighted by molar-refractivity contribution is 8.01. The van der Waals surface area contributed by atoms with Crippen LogP contribution in [0.3, 0.4) is 0 Å². The third kappa shape index (κ3) is 2.20. The van der Waals surface area contributed by atoms with Crippen LogP contribution in [0.25, 0.3) is 21.4 Å². The first-order valence-corrected chi connectivity index (χ1v) is 7.70. The lowest BCUT2D eigenvalue weighted by Crippen LogP contribution is -1.96. The molecule has 0 aliphatic heterocycles. The number of imidazole rings is 1. The van der Waals surface area contributed by atoms with Gasteiger partial charge in [-0.3, -0.25) is 4.98 Å². The van der Waals surface area contributed by atoms with Gasteiger partial charge >= 0.3 is 0 Å². The van der Waals surface area contributed by atoms with Crippen LogP contribution in [-0.4, -0.2) is 29.9 Å². The minimum atomic E-state index is 0.408. The number of hydrogen-bond acceptors (Lipinski definition) is 8. The van der Waals surface area contributed by atoms with Crippen LogP contribution >= 0.6 is 23.1 Å². The van der Waals surface area contributed by atoms with Crippen molar-refractivity contribution < 1.29 is 0 Å². The summed E-state index contributed by atoms with van der Waals surface area (Å²) in [6.45, 7) is 1.79. The number of nitrogens with one attached hydrogen (secondary N) is 1. The Morgan fingerprint density at radius 2 is 2.14 bits per heavy atom. The molecule has 0 spiro atoms. The lowest BCUT2D eigenvalue weighted by atomic mass is 10.5. The van der Waals surface area contributed by atoms with Gasteiger partial charge in [0.1, 0.15) is 16.9 Å². The van der Waals surface area contributed by atoms with E-state index in [1.54, 1.807) is 30.7 Å². The summed E-state index contributed by atoms with van der Waals surface area (Å²) in [6, 6.07) is 1.95. The third-order valence-corrected chi connectivity index (χ3v) is 4.81. The maximum atomic E-state index is 5.87. The number of nitrogens with two attached hydrogens (primary N) is 1. The standard InChI is InChI=1S/C12H9N7S2/c1-5-15-9(13)8-10(16-5)19-11(18-8)21-12-17-6-4-14-3-2-7(6)20-12/h2-4H,1H3,(H3,13,15,16,18,19). The molecule has 0 saturated carbocycles. The summed E-state index contributed by atoms with van der Waals surface area (Å²) >= 11 is 3.04. The molecule has 0 aromatic carbocycles. The van der Waals surface area contributed by atoms with Crippen molar-refractivity contribution in [2.75, 3.05) is 5.73 Å². The highest BCUT2D eigenvalue weighted by Crippen LogP contribution is 2.33. The van der Waals surface area contributed by atoms with Crippen molar-refractivity contribution in [3.8, 4) is 0 Å². The Bertz CT molecular complexity index is 926. The molecule has 7 nitrogen and oxygen atoms in total. The van der Waals surface area contributed by atoms with Gasteiger partial charge in [-0.25, -0.2) is 19.9 Å². The van der Waals surface area contributed by atoms with E-state index in [1.165, 1.54) is 11.8 Å². The molecule has 4 aromatic heterocycles. The summed E-state index contributed by atoms with van der Waals surface area (Å²) in [5.74, 6) is 1.01. The Labute approximate surface area is 127 Å². The van der Waals surface area contributed by atoms with Gasteiger partial charge in [-0.15, -0.1) is 11.3 Å². The molecule has 0 bridgehead atoms. The first-order valence-electron chi connectivity index (χ1n) is 6.07. The lowest BCUT2D eigenvalue weighted by Gasteiger charge is -1.94. The monoisotopic (exact) mass is 315 g/mol. The molecule has 0 atom stereocenters. The summed E-state index contributed by atoms with van der Waals surface area (Å²) in [4.78, 5) is 24.5. The number of anilines is 1. The number of aryl methyl sites for hydroxylation is 1. The number of aromatic amines is 1. The summed E-state index contributed by atoms with van der Waals surface area (Å²) in [7, 11) is 0. The SMILES string of the molecule is Cc1nc(N)c2[nH]c(Sc3nc4cnccc4s3)nc2n1. The Kier molecular flexibility index (Phi) is 2.76. The molecular formula is C12H9N7S2. The van der Waals surface area contributed by atoms with Gasteiger partial charge < -0.3 is 10.7 Å². The predicted molar refractivity (Wildman–Crippen MR) is 82.4 cm³/mol. The summed E-state index contributed by atoms with van der Waals surface area (Å²) in [5.41, 5.74) is 7.99. The number of pyridine rings is 1. The maximum absolute atomic E-state index is 5.87. The quantitative estimate of drug-likeness (QED) is 0.585. The van der Waals surface area contributed by atoms with Gasteiger partial charge in [-0.05, 0) is 24.8 Å². The molecule has 0 fully saturated rings. The molecule has 9 heteroatoms. The van der Waals surface area contributed by atoms with Crippen LogP contribution in [0.4, 0.5) is 5.82 Å². The second kappa shape index (κ2) is 4.64. The van der Waals surface area contributed by atoms with Crippen LogP contribution in [0.5, 0.6) is 0 Å². The predicted octanol–water partition coefficient (Wildman–Crippen LogP) is 2.40. The summed E-state index contributed by atoms with van der Waals surface area (Å²) in [6.07, 6.45) is 3.51. The molecule has 3 N–H and O–H groups in total. The highest BCUT2D eigenvalue weighted by atomic mass is 32.2. The first-order chi connectivity index (χ1) is 10.2. The Hall–Kier alpha value is -2.26. The number of nitrogen functional groups attached to an aromatic ring is 1. The minimum absolute atomic E-state index is 0.408. The average molecular weight is 315 g/mol.